The molecule has 0 aliphatic carbocycles. The van der Waals surface area contributed by atoms with Crippen LogP contribution in [0.5, 0.6) is 0 Å². The first-order chi connectivity index (χ1) is 6.95. The highest BCUT2D eigenvalue weighted by atomic mass is 32.2. The molecule has 0 unspecified atom stereocenters. The number of sulfonamides is 1. The third kappa shape index (κ3) is 3.07. The lowest BCUT2D eigenvalue weighted by Crippen LogP contribution is -2.23. The molecule has 0 saturated heterocycles. The fraction of sp³-hybridized carbons (Fsp3) is 0.375. The van der Waals surface area contributed by atoms with Crippen LogP contribution < -0.4 is 10.5 Å². The van der Waals surface area contributed by atoms with Crippen LogP contribution in [-0.4, -0.2) is 20.9 Å². The molecule has 0 atom stereocenters. The summed E-state index contributed by atoms with van der Waals surface area (Å²) >= 11 is 0. The number of furan rings is 1. The molecule has 0 bridgehead atoms. The molecular weight excluding hydrogens is 220 g/mol. The second kappa shape index (κ2) is 4.45. The SMILES string of the molecule is CCCNC(=O)c1ccc(S(N)(=O)=O)o1. The van der Waals surface area contributed by atoms with Crippen LogP contribution in [-0.2, 0) is 10.0 Å². The second-order valence-electron chi connectivity index (χ2n) is 2.92. The van der Waals surface area contributed by atoms with Crippen LogP contribution in [0.15, 0.2) is 21.6 Å². The number of carbonyl (C=O) groups is 1. The Morgan fingerprint density at radius 3 is 2.67 bits per heavy atom. The second-order valence-corrected chi connectivity index (χ2v) is 4.41. The summed E-state index contributed by atoms with van der Waals surface area (Å²) < 4.78 is 26.5. The van der Waals surface area contributed by atoms with Crippen LogP contribution >= 0.6 is 0 Å². The minimum absolute atomic E-state index is 0.0625. The first-order valence-electron chi connectivity index (χ1n) is 4.36. The van der Waals surface area contributed by atoms with Crippen LogP contribution in [0, 0.1) is 0 Å². The molecule has 0 radical (unpaired) electrons. The quantitative estimate of drug-likeness (QED) is 0.766. The summed E-state index contributed by atoms with van der Waals surface area (Å²) in [6.07, 6.45) is 0.786. The van der Waals surface area contributed by atoms with E-state index >= 15 is 0 Å². The number of rotatable bonds is 4. The summed E-state index contributed by atoms with van der Waals surface area (Å²) in [4.78, 5) is 11.3. The van der Waals surface area contributed by atoms with Gasteiger partial charge in [0, 0.05) is 6.54 Å². The van der Waals surface area contributed by atoms with E-state index in [1.54, 1.807) is 0 Å². The lowest BCUT2D eigenvalue weighted by molar-refractivity contribution is 0.0920. The zero-order chi connectivity index (χ0) is 11.5. The van der Waals surface area contributed by atoms with Gasteiger partial charge in [-0.3, -0.25) is 4.79 Å². The van der Waals surface area contributed by atoms with Crippen LogP contribution in [0.4, 0.5) is 0 Å². The van der Waals surface area contributed by atoms with Crippen LogP contribution in [0.3, 0.4) is 0 Å². The van der Waals surface area contributed by atoms with E-state index in [-0.39, 0.29) is 5.76 Å². The van der Waals surface area contributed by atoms with E-state index in [2.05, 4.69) is 5.32 Å². The maximum Gasteiger partial charge on any atom is 0.287 e. The molecule has 0 saturated carbocycles. The summed E-state index contributed by atoms with van der Waals surface area (Å²) in [6.45, 7) is 2.41. The zero-order valence-electron chi connectivity index (χ0n) is 8.19. The molecule has 0 aliphatic heterocycles. The molecule has 0 aromatic carbocycles. The monoisotopic (exact) mass is 232 g/mol. The molecule has 0 spiro atoms. The molecule has 0 aliphatic rings. The Balaban J connectivity index is 2.81. The molecule has 7 heteroatoms. The van der Waals surface area contributed by atoms with Gasteiger partial charge < -0.3 is 9.73 Å². The van der Waals surface area contributed by atoms with Crippen molar-refractivity contribution in [3.63, 3.8) is 0 Å². The normalized spacial score (nSPS) is 11.3. The Morgan fingerprint density at radius 2 is 2.20 bits per heavy atom. The molecule has 1 aromatic heterocycles. The Bertz CT molecular complexity index is 449. The Kier molecular flexibility index (Phi) is 3.48. The smallest absolute Gasteiger partial charge is 0.287 e. The van der Waals surface area contributed by atoms with E-state index in [1.807, 2.05) is 6.92 Å². The Labute approximate surface area is 87.5 Å². The van der Waals surface area contributed by atoms with Gasteiger partial charge in [0.1, 0.15) is 0 Å². The summed E-state index contributed by atoms with van der Waals surface area (Å²) in [6, 6.07) is 2.42. The van der Waals surface area contributed by atoms with E-state index in [4.69, 9.17) is 9.56 Å². The number of nitrogens with one attached hydrogen (secondary N) is 1. The summed E-state index contributed by atoms with van der Waals surface area (Å²) in [5, 5.41) is 6.95. The maximum atomic E-state index is 11.3. The van der Waals surface area contributed by atoms with Crippen molar-refractivity contribution in [2.24, 2.45) is 5.14 Å². The van der Waals surface area contributed by atoms with Gasteiger partial charge in [-0.15, -0.1) is 0 Å². The summed E-state index contributed by atoms with van der Waals surface area (Å²) in [5.41, 5.74) is 0. The van der Waals surface area contributed by atoms with Gasteiger partial charge in [0.25, 0.3) is 15.9 Å². The van der Waals surface area contributed by atoms with E-state index < -0.39 is 21.0 Å². The standard InChI is InChI=1S/C8H12N2O4S/c1-2-5-10-8(11)6-3-4-7(14-6)15(9,12)13/h3-4H,2,5H2,1H3,(H,10,11)(H2,9,12,13). The van der Waals surface area contributed by atoms with Gasteiger partial charge in [-0.25, -0.2) is 13.6 Å². The van der Waals surface area contributed by atoms with Gasteiger partial charge in [-0.2, -0.15) is 0 Å². The van der Waals surface area contributed by atoms with E-state index in [0.717, 1.165) is 12.5 Å². The predicted molar refractivity (Wildman–Crippen MR) is 52.7 cm³/mol. The summed E-state index contributed by atoms with van der Waals surface area (Å²) in [5.74, 6) is -0.515. The largest absolute Gasteiger partial charge is 0.438 e. The molecule has 3 N–H and O–H groups in total. The van der Waals surface area contributed by atoms with Crippen LogP contribution in [0.2, 0.25) is 0 Å². The first-order valence-corrected chi connectivity index (χ1v) is 5.90. The number of hydrogen-bond donors (Lipinski definition) is 2. The molecule has 1 amide bonds. The molecule has 84 valence electrons. The molecule has 1 rings (SSSR count). The van der Waals surface area contributed by atoms with Crippen molar-refractivity contribution in [3.05, 3.63) is 17.9 Å². The van der Waals surface area contributed by atoms with Crippen LogP contribution in [0.1, 0.15) is 23.9 Å². The van der Waals surface area contributed by atoms with Crippen molar-refractivity contribution >= 4 is 15.9 Å². The number of carbonyl (C=O) groups excluding carboxylic acids is 1. The Morgan fingerprint density at radius 1 is 1.53 bits per heavy atom. The average molecular weight is 232 g/mol. The topological polar surface area (TPSA) is 102 Å². The third-order valence-corrected chi connectivity index (χ3v) is 2.40. The van der Waals surface area contributed by atoms with E-state index in [0.29, 0.717) is 6.54 Å². The van der Waals surface area contributed by atoms with E-state index in [9.17, 15) is 13.2 Å². The van der Waals surface area contributed by atoms with Crippen molar-refractivity contribution in [2.45, 2.75) is 18.4 Å². The van der Waals surface area contributed by atoms with Gasteiger partial charge in [0.15, 0.2) is 5.76 Å². The van der Waals surface area contributed by atoms with Gasteiger partial charge in [-0.05, 0) is 18.6 Å². The minimum atomic E-state index is -3.88. The highest BCUT2D eigenvalue weighted by Gasteiger charge is 2.16. The number of amides is 1. The zero-order valence-corrected chi connectivity index (χ0v) is 9.00. The minimum Gasteiger partial charge on any atom is -0.438 e. The third-order valence-electron chi connectivity index (χ3n) is 1.62. The van der Waals surface area contributed by atoms with Crippen molar-refractivity contribution < 1.29 is 17.6 Å². The molecule has 0 fully saturated rings. The highest BCUT2D eigenvalue weighted by Crippen LogP contribution is 2.11. The predicted octanol–water partition coefficient (Wildman–Crippen LogP) is 0.0668. The van der Waals surface area contributed by atoms with Gasteiger partial charge in [0.2, 0.25) is 5.09 Å². The fourth-order valence-corrected chi connectivity index (χ4v) is 1.38. The molecule has 15 heavy (non-hydrogen) atoms. The number of hydrogen-bond acceptors (Lipinski definition) is 4. The van der Waals surface area contributed by atoms with Crippen molar-refractivity contribution in [2.75, 3.05) is 6.54 Å². The molecule has 1 heterocycles. The lowest BCUT2D eigenvalue weighted by atomic mass is 10.4. The first kappa shape index (κ1) is 11.7. The van der Waals surface area contributed by atoms with Crippen molar-refractivity contribution in [3.8, 4) is 0 Å². The molecular formula is C8H12N2O4S. The highest BCUT2D eigenvalue weighted by molar-refractivity contribution is 7.89. The van der Waals surface area contributed by atoms with Gasteiger partial charge in [-0.1, -0.05) is 6.92 Å². The summed E-state index contributed by atoms with van der Waals surface area (Å²) in [7, 11) is -3.88. The number of primary sulfonamides is 1. The van der Waals surface area contributed by atoms with Gasteiger partial charge in [0.05, 0.1) is 0 Å². The van der Waals surface area contributed by atoms with Crippen molar-refractivity contribution in [1.29, 1.82) is 0 Å². The maximum absolute atomic E-state index is 11.3. The molecule has 1 aromatic rings. The Hall–Kier alpha value is -1.34. The molecule has 6 nitrogen and oxygen atoms in total. The van der Waals surface area contributed by atoms with Crippen LogP contribution in [0.25, 0.3) is 0 Å². The average Bonchev–Trinajstić information content (AvgIpc) is 2.62. The van der Waals surface area contributed by atoms with Crippen molar-refractivity contribution in [1.82, 2.24) is 5.32 Å². The number of nitrogens with two attached hydrogens (primary N) is 1. The fourth-order valence-electron chi connectivity index (χ4n) is 0.921. The van der Waals surface area contributed by atoms with E-state index in [1.165, 1.54) is 6.07 Å². The van der Waals surface area contributed by atoms with Gasteiger partial charge >= 0.3 is 0 Å². The lowest BCUT2D eigenvalue weighted by Gasteiger charge is -1.98.